The first kappa shape index (κ1) is 13.7. The maximum atomic E-state index is 10.7. The quantitative estimate of drug-likeness (QED) is 0.482. The number of nitrogens with zero attached hydrogens (tertiary/aromatic N) is 3. The minimum absolute atomic E-state index is 0.0221. The number of methoxy groups -OCH3 is 1. The highest BCUT2D eigenvalue weighted by Crippen LogP contribution is 2.34. The van der Waals surface area contributed by atoms with E-state index in [0.717, 1.165) is 5.01 Å². The summed E-state index contributed by atoms with van der Waals surface area (Å²) in [5.41, 5.74) is 0.664. The van der Waals surface area contributed by atoms with Crippen LogP contribution >= 0.6 is 22.9 Å². The van der Waals surface area contributed by atoms with Gasteiger partial charge in [-0.15, -0.1) is 21.8 Å². The van der Waals surface area contributed by atoms with Crippen molar-refractivity contribution in [3.63, 3.8) is 0 Å². The predicted molar refractivity (Wildman–Crippen MR) is 73.0 cm³/mol. The number of alkyl halides is 1. The van der Waals surface area contributed by atoms with Crippen LogP contribution in [0.5, 0.6) is 5.75 Å². The van der Waals surface area contributed by atoms with Crippen molar-refractivity contribution in [1.29, 1.82) is 0 Å². The molecule has 0 bridgehead atoms. The minimum Gasteiger partial charge on any atom is -0.496 e. The van der Waals surface area contributed by atoms with Gasteiger partial charge >= 0.3 is 0 Å². The molecule has 0 aliphatic rings. The van der Waals surface area contributed by atoms with E-state index in [-0.39, 0.29) is 5.69 Å². The third-order valence-corrected chi connectivity index (χ3v) is 3.61. The Labute approximate surface area is 118 Å². The van der Waals surface area contributed by atoms with E-state index in [2.05, 4.69) is 10.2 Å². The fourth-order valence-corrected chi connectivity index (χ4v) is 2.67. The lowest BCUT2D eigenvalue weighted by atomic mass is 10.2. The van der Waals surface area contributed by atoms with Crippen molar-refractivity contribution in [1.82, 2.24) is 10.2 Å². The molecule has 1 heterocycles. The molecule has 0 unspecified atom stereocenters. The summed E-state index contributed by atoms with van der Waals surface area (Å²) in [5, 5.41) is 20.3. The van der Waals surface area contributed by atoms with Crippen LogP contribution in [0.15, 0.2) is 18.2 Å². The van der Waals surface area contributed by atoms with E-state index in [1.165, 1.54) is 30.6 Å². The summed E-state index contributed by atoms with van der Waals surface area (Å²) < 4.78 is 5.17. The maximum absolute atomic E-state index is 10.7. The second-order valence-electron chi connectivity index (χ2n) is 3.58. The summed E-state index contributed by atoms with van der Waals surface area (Å²) in [6.45, 7) is 0. The number of rotatable bonds is 5. The lowest BCUT2D eigenvalue weighted by Gasteiger charge is -2.04. The molecule has 2 aromatic rings. The van der Waals surface area contributed by atoms with Crippen LogP contribution in [-0.2, 0) is 6.42 Å². The largest absolute Gasteiger partial charge is 0.496 e. The second-order valence-corrected chi connectivity index (χ2v) is 5.02. The average Bonchev–Trinajstić information content (AvgIpc) is 2.86. The lowest BCUT2D eigenvalue weighted by Crippen LogP contribution is -1.92. The van der Waals surface area contributed by atoms with Gasteiger partial charge in [0, 0.05) is 18.4 Å². The number of aryl methyl sites for hydroxylation is 1. The molecule has 100 valence electrons. The van der Waals surface area contributed by atoms with Crippen LogP contribution in [0.1, 0.15) is 5.01 Å². The average molecular weight is 300 g/mol. The maximum Gasteiger partial charge on any atom is 0.273 e. The smallest absolute Gasteiger partial charge is 0.273 e. The second kappa shape index (κ2) is 5.94. The van der Waals surface area contributed by atoms with Crippen LogP contribution in [0, 0.1) is 10.1 Å². The summed E-state index contributed by atoms with van der Waals surface area (Å²) in [5.74, 6) is 0.884. The molecular weight excluding hydrogens is 290 g/mol. The Morgan fingerprint density at radius 2 is 2.26 bits per heavy atom. The number of benzene rings is 1. The molecule has 2 rings (SSSR count). The number of hydrogen-bond donors (Lipinski definition) is 0. The van der Waals surface area contributed by atoms with E-state index >= 15 is 0 Å². The summed E-state index contributed by atoms with van der Waals surface area (Å²) in [6, 6.07) is 4.40. The number of aromatic nitrogens is 2. The highest BCUT2D eigenvalue weighted by atomic mass is 35.5. The van der Waals surface area contributed by atoms with Crippen LogP contribution in [-0.4, -0.2) is 28.1 Å². The van der Waals surface area contributed by atoms with Gasteiger partial charge in [0.15, 0.2) is 5.01 Å². The van der Waals surface area contributed by atoms with Gasteiger partial charge in [-0.2, -0.15) is 0 Å². The van der Waals surface area contributed by atoms with Crippen molar-refractivity contribution in [2.75, 3.05) is 13.0 Å². The molecule has 0 aliphatic heterocycles. The molecule has 6 nitrogen and oxygen atoms in total. The van der Waals surface area contributed by atoms with Crippen molar-refractivity contribution < 1.29 is 9.66 Å². The molecular formula is C11H10ClN3O3S. The fraction of sp³-hybridized carbons (Fsp3) is 0.273. The monoisotopic (exact) mass is 299 g/mol. The van der Waals surface area contributed by atoms with Gasteiger partial charge < -0.3 is 4.74 Å². The van der Waals surface area contributed by atoms with E-state index in [1.807, 2.05) is 0 Å². The zero-order valence-electron chi connectivity index (χ0n) is 10.00. The van der Waals surface area contributed by atoms with Gasteiger partial charge in [-0.25, -0.2) is 0 Å². The van der Waals surface area contributed by atoms with Gasteiger partial charge in [0.2, 0.25) is 0 Å². The molecule has 8 heteroatoms. The first-order valence-corrected chi connectivity index (χ1v) is 6.72. The standard InChI is InChI=1S/C11H10ClN3O3S/c1-18-9-6-7(15(16)17)2-3-8(9)11-14-13-10(19-11)4-5-12/h2-3,6H,4-5H2,1H3. The van der Waals surface area contributed by atoms with E-state index in [4.69, 9.17) is 16.3 Å². The molecule has 19 heavy (non-hydrogen) atoms. The van der Waals surface area contributed by atoms with Gasteiger partial charge in [0.05, 0.1) is 23.7 Å². The zero-order valence-corrected chi connectivity index (χ0v) is 11.6. The zero-order chi connectivity index (χ0) is 13.8. The highest BCUT2D eigenvalue weighted by Gasteiger charge is 2.15. The number of nitro benzene ring substituents is 1. The normalized spacial score (nSPS) is 10.4. The highest BCUT2D eigenvalue weighted by molar-refractivity contribution is 7.14. The SMILES string of the molecule is COc1cc([N+](=O)[O-])ccc1-c1nnc(CCCl)s1. The molecule has 0 amide bonds. The van der Waals surface area contributed by atoms with Gasteiger partial charge in [-0.1, -0.05) is 11.3 Å². The molecule has 0 spiro atoms. The van der Waals surface area contributed by atoms with Crippen molar-refractivity contribution >= 4 is 28.6 Å². The van der Waals surface area contributed by atoms with Gasteiger partial charge in [-0.05, 0) is 6.07 Å². The summed E-state index contributed by atoms with van der Waals surface area (Å²) in [4.78, 5) is 10.2. The van der Waals surface area contributed by atoms with E-state index in [0.29, 0.717) is 28.6 Å². The molecule has 0 N–H and O–H groups in total. The Hall–Kier alpha value is -1.73. The summed E-state index contributed by atoms with van der Waals surface area (Å²) >= 11 is 7.04. The molecule has 0 radical (unpaired) electrons. The first-order chi connectivity index (χ1) is 9.15. The van der Waals surface area contributed by atoms with Gasteiger partial charge in [0.25, 0.3) is 5.69 Å². The molecule has 1 aromatic carbocycles. The molecule has 0 atom stereocenters. The fourth-order valence-electron chi connectivity index (χ4n) is 1.51. The Bertz CT molecular complexity index is 603. The lowest BCUT2D eigenvalue weighted by molar-refractivity contribution is -0.384. The molecule has 1 aromatic heterocycles. The number of ether oxygens (including phenoxy) is 1. The Kier molecular flexibility index (Phi) is 4.28. The van der Waals surface area contributed by atoms with Crippen LogP contribution in [0.4, 0.5) is 5.69 Å². The third kappa shape index (κ3) is 2.99. The van der Waals surface area contributed by atoms with Gasteiger partial charge in [0.1, 0.15) is 10.8 Å². The Morgan fingerprint density at radius 3 is 2.89 bits per heavy atom. The van der Waals surface area contributed by atoms with Crippen molar-refractivity contribution in [2.24, 2.45) is 0 Å². The van der Waals surface area contributed by atoms with Gasteiger partial charge in [-0.3, -0.25) is 10.1 Å². The van der Waals surface area contributed by atoms with Crippen LogP contribution < -0.4 is 4.74 Å². The molecule has 0 saturated heterocycles. The Morgan fingerprint density at radius 1 is 1.47 bits per heavy atom. The Balaban J connectivity index is 2.40. The van der Waals surface area contributed by atoms with E-state index in [9.17, 15) is 10.1 Å². The number of hydrogen-bond acceptors (Lipinski definition) is 6. The number of nitro groups is 1. The summed E-state index contributed by atoms with van der Waals surface area (Å²) in [7, 11) is 1.46. The van der Waals surface area contributed by atoms with E-state index < -0.39 is 4.92 Å². The topological polar surface area (TPSA) is 78.2 Å². The summed E-state index contributed by atoms with van der Waals surface area (Å²) in [6.07, 6.45) is 0.647. The number of non-ortho nitro benzene ring substituents is 1. The molecule has 0 saturated carbocycles. The first-order valence-electron chi connectivity index (χ1n) is 5.37. The number of halogens is 1. The predicted octanol–water partition coefficient (Wildman–Crippen LogP) is 2.90. The third-order valence-electron chi connectivity index (χ3n) is 2.40. The molecule has 0 aliphatic carbocycles. The van der Waals surface area contributed by atoms with Crippen molar-refractivity contribution in [3.05, 3.63) is 33.3 Å². The van der Waals surface area contributed by atoms with E-state index in [1.54, 1.807) is 6.07 Å². The van der Waals surface area contributed by atoms with Crippen LogP contribution in [0.2, 0.25) is 0 Å². The minimum atomic E-state index is -0.467. The molecule has 0 fully saturated rings. The van der Waals surface area contributed by atoms with Crippen LogP contribution in [0.25, 0.3) is 10.6 Å². The van der Waals surface area contributed by atoms with Crippen molar-refractivity contribution in [3.8, 4) is 16.3 Å². The van der Waals surface area contributed by atoms with Crippen LogP contribution in [0.3, 0.4) is 0 Å². The van der Waals surface area contributed by atoms with Crippen molar-refractivity contribution in [2.45, 2.75) is 6.42 Å².